The molecule has 0 amide bonds. The summed E-state index contributed by atoms with van der Waals surface area (Å²) < 4.78 is 7.18. The van der Waals surface area contributed by atoms with E-state index in [1.54, 1.807) is 10.9 Å². The molecule has 0 spiro atoms. The number of nitrogens with zero attached hydrogens (tertiary/aromatic N) is 4. The predicted molar refractivity (Wildman–Crippen MR) is 66.0 cm³/mol. The van der Waals surface area contributed by atoms with Crippen LogP contribution >= 0.6 is 0 Å². The second-order valence-corrected chi connectivity index (χ2v) is 5.14. The molecule has 0 aromatic carbocycles. The third kappa shape index (κ3) is 1.92. The predicted octanol–water partition coefficient (Wildman–Crippen LogP) is 1.11. The molecule has 0 radical (unpaired) electrons. The van der Waals surface area contributed by atoms with Gasteiger partial charge in [-0.2, -0.15) is 10.1 Å². The Morgan fingerprint density at radius 3 is 2.83 bits per heavy atom. The summed E-state index contributed by atoms with van der Waals surface area (Å²) in [7, 11) is 1.87. The summed E-state index contributed by atoms with van der Waals surface area (Å²) >= 11 is 0. The molecule has 1 aliphatic heterocycles. The van der Waals surface area contributed by atoms with Gasteiger partial charge in [-0.3, -0.25) is 4.68 Å². The van der Waals surface area contributed by atoms with Gasteiger partial charge in [0.2, 0.25) is 11.7 Å². The van der Waals surface area contributed by atoms with Crippen molar-refractivity contribution in [3.63, 3.8) is 0 Å². The summed E-state index contributed by atoms with van der Waals surface area (Å²) in [6, 6.07) is 0. The summed E-state index contributed by atoms with van der Waals surface area (Å²) in [5.41, 5.74) is 0.892. The molecule has 1 N–H and O–H groups in total. The summed E-state index contributed by atoms with van der Waals surface area (Å²) in [6.07, 6.45) is 5.70. The molecule has 1 saturated heterocycles. The van der Waals surface area contributed by atoms with Crippen molar-refractivity contribution in [3.05, 3.63) is 18.3 Å². The van der Waals surface area contributed by atoms with Gasteiger partial charge in [0.25, 0.3) is 0 Å². The van der Waals surface area contributed by atoms with Gasteiger partial charge in [0.15, 0.2) is 0 Å². The lowest BCUT2D eigenvalue weighted by Gasteiger charge is -2.30. The normalized spacial score (nSPS) is 19.0. The SMILES string of the molecule is Cn1cc(-c2noc(C3(C)CCNCC3)n2)cn1. The van der Waals surface area contributed by atoms with Crippen molar-refractivity contribution in [2.45, 2.75) is 25.2 Å². The minimum Gasteiger partial charge on any atom is -0.338 e. The molecule has 96 valence electrons. The molecule has 6 heteroatoms. The lowest BCUT2D eigenvalue weighted by Crippen LogP contribution is -2.37. The molecule has 0 atom stereocenters. The molecular formula is C12H17N5O. The monoisotopic (exact) mass is 247 g/mol. The highest BCUT2D eigenvalue weighted by molar-refractivity contribution is 5.51. The zero-order chi connectivity index (χ0) is 12.6. The Hall–Kier alpha value is -1.69. The number of hydrogen-bond donors (Lipinski definition) is 1. The van der Waals surface area contributed by atoms with Gasteiger partial charge in [-0.15, -0.1) is 0 Å². The van der Waals surface area contributed by atoms with Crippen LogP contribution in [0.1, 0.15) is 25.7 Å². The van der Waals surface area contributed by atoms with Crippen LogP contribution in [0.4, 0.5) is 0 Å². The van der Waals surface area contributed by atoms with Crippen molar-refractivity contribution in [2.75, 3.05) is 13.1 Å². The average molecular weight is 247 g/mol. The molecule has 2 aromatic rings. The molecule has 1 fully saturated rings. The zero-order valence-corrected chi connectivity index (χ0v) is 10.7. The van der Waals surface area contributed by atoms with Crippen molar-refractivity contribution < 1.29 is 4.52 Å². The minimum absolute atomic E-state index is 0.00128. The summed E-state index contributed by atoms with van der Waals surface area (Å²) in [5, 5.41) is 11.5. The van der Waals surface area contributed by atoms with E-state index in [0.717, 1.165) is 37.4 Å². The van der Waals surface area contributed by atoms with Crippen molar-refractivity contribution in [2.24, 2.45) is 7.05 Å². The molecule has 0 unspecified atom stereocenters. The zero-order valence-electron chi connectivity index (χ0n) is 10.7. The van der Waals surface area contributed by atoms with Crippen LogP contribution in [-0.2, 0) is 12.5 Å². The van der Waals surface area contributed by atoms with Crippen molar-refractivity contribution in [1.82, 2.24) is 25.2 Å². The number of piperidine rings is 1. The van der Waals surface area contributed by atoms with Crippen LogP contribution in [-0.4, -0.2) is 33.0 Å². The van der Waals surface area contributed by atoms with Gasteiger partial charge >= 0.3 is 0 Å². The molecule has 2 aromatic heterocycles. The first-order chi connectivity index (χ1) is 8.67. The molecule has 18 heavy (non-hydrogen) atoms. The fraction of sp³-hybridized carbons (Fsp3) is 0.583. The van der Waals surface area contributed by atoms with Crippen LogP contribution in [0.5, 0.6) is 0 Å². The van der Waals surface area contributed by atoms with Crippen LogP contribution in [0.2, 0.25) is 0 Å². The van der Waals surface area contributed by atoms with E-state index in [1.807, 2.05) is 13.2 Å². The fourth-order valence-electron chi connectivity index (χ4n) is 2.31. The van der Waals surface area contributed by atoms with E-state index in [9.17, 15) is 0 Å². The molecule has 3 rings (SSSR count). The lowest BCUT2D eigenvalue weighted by atomic mass is 9.81. The maximum atomic E-state index is 5.44. The van der Waals surface area contributed by atoms with Gasteiger partial charge in [0.1, 0.15) is 0 Å². The summed E-state index contributed by atoms with van der Waals surface area (Å²) in [5.74, 6) is 1.36. The first-order valence-electron chi connectivity index (χ1n) is 6.21. The van der Waals surface area contributed by atoms with Gasteiger partial charge in [0, 0.05) is 18.7 Å². The third-order valence-corrected chi connectivity index (χ3v) is 3.61. The largest absolute Gasteiger partial charge is 0.338 e. The number of aryl methyl sites for hydroxylation is 1. The van der Waals surface area contributed by atoms with Gasteiger partial charge in [-0.25, -0.2) is 0 Å². The highest BCUT2D eigenvalue weighted by atomic mass is 16.5. The maximum absolute atomic E-state index is 5.44. The first kappa shape index (κ1) is 11.4. The Labute approximate surface area is 105 Å². The summed E-state index contributed by atoms with van der Waals surface area (Å²) in [4.78, 5) is 4.53. The van der Waals surface area contributed by atoms with E-state index in [2.05, 4.69) is 27.5 Å². The highest BCUT2D eigenvalue weighted by Crippen LogP contribution is 2.32. The van der Waals surface area contributed by atoms with Gasteiger partial charge in [-0.05, 0) is 25.9 Å². The maximum Gasteiger partial charge on any atom is 0.232 e. The Balaban J connectivity index is 1.89. The Kier molecular flexibility index (Phi) is 2.66. The van der Waals surface area contributed by atoms with Crippen molar-refractivity contribution in [3.8, 4) is 11.4 Å². The van der Waals surface area contributed by atoms with Gasteiger partial charge < -0.3 is 9.84 Å². The Bertz CT molecular complexity index is 538. The van der Waals surface area contributed by atoms with E-state index < -0.39 is 0 Å². The Morgan fingerprint density at radius 2 is 2.17 bits per heavy atom. The minimum atomic E-state index is -0.00128. The van der Waals surface area contributed by atoms with Crippen molar-refractivity contribution in [1.29, 1.82) is 0 Å². The van der Waals surface area contributed by atoms with E-state index >= 15 is 0 Å². The second-order valence-electron chi connectivity index (χ2n) is 5.14. The second kappa shape index (κ2) is 4.20. The average Bonchev–Trinajstić information content (AvgIpc) is 2.98. The van der Waals surface area contributed by atoms with E-state index in [4.69, 9.17) is 4.52 Å². The molecule has 0 saturated carbocycles. The Morgan fingerprint density at radius 1 is 1.39 bits per heavy atom. The fourth-order valence-corrected chi connectivity index (χ4v) is 2.31. The topological polar surface area (TPSA) is 68.8 Å². The third-order valence-electron chi connectivity index (χ3n) is 3.61. The number of nitrogens with one attached hydrogen (secondary N) is 1. The molecule has 0 bridgehead atoms. The number of hydrogen-bond acceptors (Lipinski definition) is 5. The van der Waals surface area contributed by atoms with Gasteiger partial charge in [-0.1, -0.05) is 12.1 Å². The molecular weight excluding hydrogens is 230 g/mol. The standard InChI is InChI=1S/C12H17N5O/c1-12(3-5-13-6-4-12)11-15-10(16-18-11)9-7-14-17(2)8-9/h7-8,13H,3-6H2,1-2H3. The van der Waals surface area contributed by atoms with E-state index in [-0.39, 0.29) is 5.41 Å². The van der Waals surface area contributed by atoms with Crippen molar-refractivity contribution >= 4 is 0 Å². The first-order valence-corrected chi connectivity index (χ1v) is 6.21. The van der Waals surface area contributed by atoms with Crippen LogP contribution < -0.4 is 5.32 Å². The van der Waals surface area contributed by atoms with Crippen LogP contribution in [0.15, 0.2) is 16.9 Å². The van der Waals surface area contributed by atoms with Crippen LogP contribution in [0.3, 0.4) is 0 Å². The molecule has 6 nitrogen and oxygen atoms in total. The number of aromatic nitrogens is 4. The van der Waals surface area contributed by atoms with E-state index in [0.29, 0.717) is 5.82 Å². The smallest absolute Gasteiger partial charge is 0.232 e. The van der Waals surface area contributed by atoms with Crippen LogP contribution in [0.25, 0.3) is 11.4 Å². The highest BCUT2D eigenvalue weighted by Gasteiger charge is 2.34. The number of rotatable bonds is 2. The van der Waals surface area contributed by atoms with E-state index in [1.165, 1.54) is 0 Å². The quantitative estimate of drug-likeness (QED) is 0.861. The lowest BCUT2D eigenvalue weighted by molar-refractivity contribution is 0.241. The van der Waals surface area contributed by atoms with Gasteiger partial charge in [0.05, 0.1) is 11.8 Å². The molecule has 3 heterocycles. The molecule has 1 aliphatic rings. The van der Waals surface area contributed by atoms with Crippen LogP contribution in [0, 0.1) is 0 Å². The molecule has 0 aliphatic carbocycles. The summed E-state index contributed by atoms with van der Waals surface area (Å²) in [6.45, 7) is 4.19.